The molecule has 1 fully saturated rings. The third-order valence-electron chi connectivity index (χ3n) is 4.52. The number of carbonyl (C=O) groups excluding carboxylic acids is 1. The number of piperidine rings is 1. The number of carbonyl (C=O) groups is 1. The van der Waals surface area contributed by atoms with Gasteiger partial charge < -0.3 is 10.2 Å². The molecule has 1 unspecified atom stereocenters. The number of anilines is 2. The lowest BCUT2D eigenvalue weighted by Gasteiger charge is -2.32. The number of hydrogen-bond acceptors (Lipinski definition) is 4. The fourth-order valence-electron chi connectivity index (χ4n) is 3.47. The summed E-state index contributed by atoms with van der Waals surface area (Å²) in [6.07, 6.45) is 2.41. The maximum atomic E-state index is 12.7. The van der Waals surface area contributed by atoms with Crippen LogP contribution in [0.5, 0.6) is 0 Å². The summed E-state index contributed by atoms with van der Waals surface area (Å²) in [5, 5.41) is 2.96. The second kappa shape index (κ2) is 7.21. The monoisotopic (exact) mass is 338 g/mol. The van der Waals surface area contributed by atoms with Gasteiger partial charge in [0.2, 0.25) is 0 Å². The number of aromatic nitrogens is 2. The molecule has 1 saturated heterocycles. The Balaban J connectivity index is 1.82. The van der Waals surface area contributed by atoms with Gasteiger partial charge in [-0.05, 0) is 62.8 Å². The van der Waals surface area contributed by atoms with E-state index in [2.05, 4.69) is 33.2 Å². The minimum atomic E-state index is -0.193. The number of aryl methyl sites for hydroxylation is 3. The van der Waals surface area contributed by atoms with Crippen molar-refractivity contribution in [2.45, 2.75) is 40.5 Å². The summed E-state index contributed by atoms with van der Waals surface area (Å²) >= 11 is 0. The third-order valence-corrected chi connectivity index (χ3v) is 4.52. The van der Waals surface area contributed by atoms with Crippen LogP contribution >= 0.6 is 0 Å². The number of amides is 1. The van der Waals surface area contributed by atoms with E-state index < -0.39 is 0 Å². The second-order valence-electron chi connectivity index (χ2n) is 7.18. The highest BCUT2D eigenvalue weighted by molar-refractivity contribution is 6.03. The molecule has 0 spiro atoms. The molecule has 3 rings (SSSR count). The first-order valence-electron chi connectivity index (χ1n) is 8.91. The van der Waals surface area contributed by atoms with Crippen molar-refractivity contribution in [3.8, 4) is 0 Å². The Hall–Kier alpha value is -2.43. The average molecular weight is 338 g/mol. The molecule has 1 aromatic heterocycles. The van der Waals surface area contributed by atoms with Gasteiger partial charge in [-0.3, -0.25) is 4.79 Å². The van der Waals surface area contributed by atoms with Gasteiger partial charge in [0.1, 0.15) is 17.3 Å². The molecule has 0 aliphatic carbocycles. The van der Waals surface area contributed by atoms with Crippen molar-refractivity contribution < 1.29 is 4.79 Å². The van der Waals surface area contributed by atoms with E-state index >= 15 is 0 Å². The third kappa shape index (κ3) is 4.35. The molecule has 5 nitrogen and oxygen atoms in total. The normalized spacial score (nSPS) is 17.4. The van der Waals surface area contributed by atoms with Crippen LogP contribution in [0.15, 0.2) is 24.3 Å². The van der Waals surface area contributed by atoms with E-state index in [0.29, 0.717) is 17.4 Å². The van der Waals surface area contributed by atoms with Crippen LogP contribution in [0.4, 0.5) is 11.5 Å². The molecule has 1 aromatic carbocycles. The summed E-state index contributed by atoms with van der Waals surface area (Å²) < 4.78 is 0. The van der Waals surface area contributed by atoms with Crippen LogP contribution in [-0.4, -0.2) is 29.0 Å². The summed E-state index contributed by atoms with van der Waals surface area (Å²) in [5.74, 6) is 1.93. The van der Waals surface area contributed by atoms with E-state index in [1.807, 2.05) is 39.0 Å². The molecular weight excluding hydrogens is 312 g/mol. The van der Waals surface area contributed by atoms with Crippen LogP contribution < -0.4 is 10.2 Å². The maximum absolute atomic E-state index is 12.7. The first-order valence-corrected chi connectivity index (χ1v) is 8.91. The molecule has 1 N–H and O–H groups in total. The molecule has 1 amide bonds. The molecule has 0 radical (unpaired) electrons. The van der Waals surface area contributed by atoms with Crippen LogP contribution in [0.3, 0.4) is 0 Å². The zero-order valence-corrected chi connectivity index (χ0v) is 15.5. The lowest BCUT2D eigenvalue weighted by molar-refractivity contribution is 0.102. The number of nitrogens with one attached hydrogen (secondary N) is 1. The lowest BCUT2D eigenvalue weighted by Crippen LogP contribution is -2.35. The van der Waals surface area contributed by atoms with Gasteiger partial charge in [-0.1, -0.05) is 13.0 Å². The summed E-state index contributed by atoms with van der Waals surface area (Å²) in [6.45, 7) is 10.1. The van der Waals surface area contributed by atoms with Gasteiger partial charge >= 0.3 is 0 Å². The highest BCUT2D eigenvalue weighted by Gasteiger charge is 2.20. The lowest BCUT2D eigenvalue weighted by atomic mass is 10.0. The van der Waals surface area contributed by atoms with Gasteiger partial charge in [0.25, 0.3) is 5.91 Å². The minimum Gasteiger partial charge on any atom is -0.356 e. The topological polar surface area (TPSA) is 58.1 Å². The first kappa shape index (κ1) is 17.4. The SMILES string of the molecule is Cc1cc(C)cc(NC(=O)c2cc(N3CCCC(C)C3)nc(C)n2)c1. The van der Waals surface area contributed by atoms with E-state index in [4.69, 9.17) is 0 Å². The molecular formula is C20H26N4O. The minimum absolute atomic E-state index is 0.193. The van der Waals surface area contributed by atoms with Crippen molar-refractivity contribution in [2.75, 3.05) is 23.3 Å². The molecule has 5 heteroatoms. The Morgan fingerprint density at radius 1 is 1.12 bits per heavy atom. The first-order chi connectivity index (χ1) is 11.9. The molecule has 2 aromatic rings. The average Bonchev–Trinajstić information content (AvgIpc) is 2.53. The summed E-state index contributed by atoms with van der Waals surface area (Å²) in [5.41, 5.74) is 3.46. The zero-order chi connectivity index (χ0) is 18.0. The zero-order valence-electron chi connectivity index (χ0n) is 15.5. The molecule has 132 valence electrons. The smallest absolute Gasteiger partial charge is 0.274 e. The molecule has 0 saturated carbocycles. The van der Waals surface area contributed by atoms with E-state index in [1.54, 1.807) is 0 Å². The number of nitrogens with zero attached hydrogens (tertiary/aromatic N) is 3. The van der Waals surface area contributed by atoms with Crippen molar-refractivity contribution in [3.63, 3.8) is 0 Å². The maximum Gasteiger partial charge on any atom is 0.274 e. The Labute approximate surface area is 149 Å². The Morgan fingerprint density at radius 2 is 1.84 bits per heavy atom. The van der Waals surface area contributed by atoms with Crippen LogP contribution in [0.25, 0.3) is 0 Å². The van der Waals surface area contributed by atoms with Gasteiger partial charge in [-0.25, -0.2) is 9.97 Å². The molecule has 25 heavy (non-hydrogen) atoms. The van der Waals surface area contributed by atoms with Gasteiger partial charge in [0, 0.05) is 24.8 Å². The van der Waals surface area contributed by atoms with E-state index in [9.17, 15) is 4.79 Å². The molecule has 2 heterocycles. The standard InChI is InChI=1S/C20H26N4O/c1-13-6-5-7-24(12-13)19-11-18(21-16(4)22-19)20(25)23-17-9-14(2)8-15(3)10-17/h8-11,13H,5-7,12H2,1-4H3,(H,23,25). The van der Waals surface area contributed by atoms with E-state index in [-0.39, 0.29) is 5.91 Å². The van der Waals surface area contributed by atoms with Crippen molar-refractivity contribution in [2.24, 2.45) is 5.92 Å². The molecule has 1 atom stereocenters. The Morgan fingerprint density at radius 3 is 2.52 bits per heavy atom. The largest absolute Gasteiger partial charge is 0.356 e. The van der Waals surface area contributed by atoms with Crippen molar-refractivity contribution in [1.82, 2.24) is 9.97 Å². The fourth-order valence-corrected chi connectivity index (χ4v) is 3.47. The quantitative estimate of drug-likeness (QED) is 0.922. The van der Waals surface area contributed by atoms with Gasteiger partial charge in [-0.15, -0.1) is 0 Å². The number of hydrogen-bond donors (Lipinski definition) is 1. The fraction of sp³-hybridized carbons (Fsp3) is 0.450. The predicted molar refractivity (Wildman–Crippen MR) is 101 cm³/mol. The van der Waals surface area contributed by atoms with Crippen molar-refractivity contribution >= 4 is 17.4 Å². The summed E-state index contributed by atoms with van der Waals surface area (Å²) in [6, 6.07) is 7.82. The van der Waals surface area contributed by atoms with E-state index in [0.717, 1.165) is 42.1 Å². The Kier molecular flexibility index (Phi) is 5.02. The predicted octanol–water partition coefficient (Wildman–Crippen LogP) is 3.89. The molecule has 1 aliphatic heterocycles. The summed E-state index contributed by atoms with van der Waals surface area (Å²) in [7, 11) is 0. The molecule has 1 aliphatic rings. The molecule has 0 bridgehead atoms. The van der Waals surface area contributed by atoms with Gasteiger partial charge in [-0.2, -0.15) is 0 Å². The Bertz CT molecular complexity index is 767. The number of benzene rings is 1. The highest BCUT2D eigenvalue weighted by Crippen LogP contribution is 2.22. The van der Waals surface area contributed by atoms with Crippen molar-refractivity contribution in [3.05, 3.63) is 46.9 Å². The summed E-state index contributed by atoms with van der Waals surface area (Å²) in [4.78, 5) is 23.8. The highest BCUT2D eigenvalue weighted by atomic mass is 16.1. The van der Waals surface area contributed by atoms with Gasteiger partial charge in [0.05, 0.1) is 0 Å². The number of rotatable bonds is 3. The van der Waals surface area contributed by atoms with Crippen molar-refractivity contribution in [1.29, 1.82) is 0 Å². The van der Waals surface area contributed by atoms with Crippen LogP contribution in [0.2, 0.25) is 0 Å². The van der Waals surface area contributed by atoms with E-state index in [1.165, 1.54) is 6.42 Å². The van der Waals surface area contributed by atoms with Gasteiger partial charge in [0.15, 0.2) is 0 Å². The van der Waals surface area contributed by atoms with Crippen LogP contribution in [-0.2, 0) is 0 Å². The van der Waals surface area contributed by atoms with Crippen LogP contribution in [0, 0.1) is 26.7 Å². The van der Waals surface area contributed by atoms with Crippen LogP contribution in [0.1, 0.15) is 47.2 Å². The second-order valence-corrected chi connectivity index (χ2v) is 7.18.